The summed E-state index contributed by atoms with van der Waals surface area (Å²) < 4.78 is 6.43. The number of aromatic amines is 1. The lowest BCUT2D eigenvalue weighted by atomic mass is 9.72. The number of allylic oxidation sites excluding steroid dienone is 2. The quantitative estimate of drug-likeness (QED) is 0.619. The molecule has 3 aliphatic rings. The fourth-order valence-corrected chi connectivity index (χ4v) is 3.74. The molecular weight excluding hydrogens is 306 g/mol. The molecule has 2 atom stereocenters. The Hall–Kier alpha value is -1.03. The minimum absolute atomic E-state index is 0.254. The molecule has 2 bridgehead atoms. The monoisotopic (exact) mass is 323 g/mol. The molecule has 0 unspecified atom stereocenters. The standard InChI is InChI=1S/C15H18BrNO2/c1-15(2,3)19-14(18)12-10-8-4-6-9(7-5-8)11(10)13(16)17-12/h4,6,8-9,17H,5,7H2,1-3H3/t8-,9+/m1/s1. The van der Waals surface area contributed by atoms with Crippen LogP contribution in [0.15, 0.2) is 16.8 Å². The van der Waals surface area contributed by atoms with Gasteiger partial charge in [0.1, 0.15) is 11.3 Å². The molecule has 0 saturated heterocycles. The van der Waals surface area contributed by atoms with Crippen LogP contribution >= 0.6 is 15.9 Å². The first-order valence-corrected chi connectivity index (χ1v) is 7.49. The van der Waals surface area contributed by atoms with E-state index in [-0.39, 0.29) is 5.97 Å². The minimum atomic E-state index is -0.467. The Morgan fingerprint density at radius 2 is 1.84 bits per heavy atom. The van der Waals surface area contributed by atoms with Gasteiger partial charge in [-0.1, -0.05) is 12.2 Å². The summed E-state index contributed by atoms with van der Waals surface area (Å²) >= 11 is 3.56. The van der Waals surface area contributed by atoms with Crippen molar-refractivity contribution in [1.29, 1.82) is 0 Å². The number of carbonyl (C=O) groups excluding carboxylic acids is 1. The van der Waals surface area contributed by atoms with Gasteiger partial charge >= 0.3 is 5.97 Å². The normalized spacial score (nSPS) is 24.4. The molecule has 19 heavy (non-hydrogen) atoms. The summed E-state index contributed by atoms with van der Waals surface area (Å²) in [5, 5.41) is 0. The van der Waals surface area contributed by atoms with Gasteiger partial charge in [-0.15, -0.1) is 0 Å². The van der Waals surface area contributed by atoms with Crippen LogP contribution in [0.1, 0.15) is 67.1 Å². The van der Waals surface area contributed by atoms with E-state index in [4.69, 9.17) is 4.74 Å². The largest absolute Gasteiger partial charge is 0.455 e. The highest BCUT2D eigenvalue weighted by atomic mass is 79.9. The van der Waals surface area contributed by atoms with Gasteiger partial charge in [0, 0.05) is 11.8 Å². The summed E-state index contributed by atoms with van der Waals surface area (Å²) in [4.78, 5) is 15.5. The van der Waals surface area contributed by atoms with Crippen LogP contribution in [0.5, 0.6) is 0 Å². The molecule has 0 aliphatic heterocycles. The maximum atomic E-state index is 12.3. The van der Waals surface area contributed by atoms with Gasteiger partial charge in [0.05, 0.1) is 4.60 Å². The van der Waals surface area contributed by atoms with E-state index in [0.717, 1.165) is 16.6 Å². The fraction of sp³-hybridized carbons (Fsp3) is 0.533. The molecule has 0 radical (unpaired) electrons. The second-order valence-corrected chi connectivity index (χ2v) is 7.11. The van der Waals surface area contributed by atoms with Gasteiger partial charge in [0.15, 0.2) is 0 Å². The second-order valence-electron chi connectivity index (χ2n) is 6.32. The van der Waals surface area contributed by atoms with Gasteiger partial charge in [-0.05, 0) is 60.7 Å². The fourth-order valence-electron chi connectivity index (χ4n) is 3.04. The van der Waals surface area contributed by atoms with E-state index < -0.39 is 5.60 Å². The molecule has 0 fully saturated rings. The number of rotatable bonds is 1. The second kappa shape index (κ2) is 4.23. The third-order valence-electron chi connectivity index (χ3n) is 3.74. The van der Waals surface area contributed by atoms with Gasteiger partial charge in [0.2, 0.25) is 0 Å². The average molecular weight is 324 g/mol. The first-order valence-electron chi connectivity index (χ1n) is 6.70. The maximum Gasteiger partial charge on any atom is 0.355 e. The van der Waals surface area contributed by atoms with Crippen LogP contribution in [-0.4, -0.2) is 16.6 Å². The average Bonchev–Trinajstić information content (AvgIpc) is 2.69. The molecule has 0 saturated carbocycles. The summed E-state index contributed by atoms with van der Waals surface area (Å²) in [7, 11) is 0. The maximum absolute atomic E-state index is 12.3. The first-order chi connectivity index (χ1) is 8.87. The molecule has 3 nitrogen and oxygen atoms in total. The van der Waals surface area contributed by atoms with E-state index in [9.17, 15) is 4.79 Å². The molecule has 4 rings (SSSR count). The van der Waals surface area contributed by atoms with Gasteiger partial charge in [-0.3, -0.25) is 0 Å². The van der Waals surface area contributed by atoms with Crippen LogP contribution in [0.4, 0.5) is 0 Å². The molecule has 4 heteroatoms. The molecule has 1 N–H and O–H groups in total. The Labute approximate surface area is 121 Å². The van der Waals surface area contributed by atoms with E-state index in [1.54, 1.807) is 0 Å². The number of esters is 1. The van der Waals surface area contributed by atoms with Crippen LogP contribution in [-0.2, 0) is 4.74 Å². The van der Waals surface area contributed by atoms with E-state index in [1.165, 1.54) is 12.0 Å². The number of carbonyl (C=O) groups is 1. The minimum Gasteiger partial charge on any atom is -0.455 e. The van der Waals surface area contributed by atoms with Crippen LogP contribution in [0.25, 0.3) is 0 Å². The number of aromatic nitrogens is 1. The third kappa shape index (κ3) is 2.16. The van der Waals surface area contributed by atoms with Crippen molar-refractivity contribution < 1.29 is 9.53 Å². The topological polar surface area (TPSA) is 42.1 Å². The number of hydrogen-bond acceptors (Lipinski definition) is 2. The third-order valence-corrected chi connectivity index (χ3v) is 4.37. The van der Waals surface area contributed by atoms with Crippen LogP contribution in [0.3, 0.4) is 0 Å². The molecule has 1 heterocycles. The molecule has 0 aromatic carbocycles. The SMILES string of the molecule is CC(C)(C)OC(=O)c1[nH]c(Br)c2c1[C@@H]1C=C[C@H]2CC1. The zero-order valence-electron chi connectivity index (χ0n) is 11.4. The number of H-pyrrole nitrogens is 1. The highest BCUT2D eigenvalue weighted by Crippen LogP contribution is 2.49. The number of nitrogens with one attached hydrogen (secondary N) is 1. The summed E-state index contributed by atoms with van der Waals surface area (Å²) in [5.41, 5.74) is 2.54. The van der Waals surface area contributed by atoms with Crippen molar-refractivity contribution >= 4 is 21.9 Å². The van der Waals surface area contributed by atoms with Crippen LogP contribution in [0, 0.1) is 0 Å². The van der Waals surface area contributed by atoms with Gasteiger partial charge < -0.3 is 9.72 Å². The molecule has 102 valence electrons. The number of hydrogen-bond donors (Lipinski definition) is 1. The molecular formula is C15H18BrNO2. The van der Waals surface area contributed by atoms with E-state index in [1.807, 2.05) is 20.8 Å². The summed E-state index contributed by atoms with van der Waals surface area (Å²) in [5.74, 6) is 0.530. The van der Waals surface area contributed by atoms with Crippen molar-refractivity contribution in [2.45, 2.75) is 51.0 Å². The highest BCUT2D eigenvalue weighted by Gasteiger charge is 2.37. The lowest BCUT2D eigenvalue weighted by Gasteiger charge is -2.32. The number of fused-ring (bicyclic) bond motifs is 1. The van der Waals surface area contributed by atoms with Crippen molar-refractivity contribution in [2.75, 3.05) is 0 Å². The first kappa shape index (κ1) is 13.0. The van der Waals surface area contributed by atoms with Gasteiger partial charge in [0.25, 0.3) is 0 Å². The zero-order chi connectivity index (χ0) is 13.8. The lowest BCUT2D eigenvalue weighted by Crippen LogP contribution is -2.26. The van der Waals surface area contributed by atoms with Crippen molar-refractivity contribution in [2.24, 2.45) is 0 Å². The smallest absolute Gasteiger partial charge is 0.355 e. The van der Waals surface area contributed by atoms with Crippen molar-refractivity contribution in [3.05, 3.63) is 33.6 Å². The summed E-state index contributed by atoms with van der Waals surface area (Å²) in [6.07, 6.45) is 6.77. The highest BCUT2D eigenvalue weighted by molar-refractivity contribution is 9.10. The molecule has 1 aromatic rings. The van der Waals surface area contributed by atoms with Crippen LogP contribution < -0.4 is 0 Å². The predicted molar refractivity (Wildman–Crippen MR) is 77.5 cm³/mol. The van der Waals surface area contributed by atoms with Crippen LogP contribution in [0.2, 0.25) is 0 Å². The summed E-state index contributed by atoms with van der Waals surface area (Å²) in [6.45, 7) is 5.67. The predicted octanol–water partition coefficient (Wildman–Crippen LogP) is 4.26. The molecule has 0 amide bonds. The number of halogens is 1. The summed E-state index contributed by atoms with van der Waals surface area (Å²) in [6, 6.07) is 0. The van der Waals surface area contributed by atoms with E-state index in [0.29, 0.717) is 17.5 Å². The Bertz CT molecular complexity index is 565. The van der Waals surface area contributed by atoms with E-state index in [2.05, 4.69) is 33.1 Å². The molecule has 0 spiro atoms. The zero-order valence-corrected chi connectivity index (χ0v) is 13.0. The number of ether oxygens (including phenoxy) is 1. The van der Waals surface area contributed by atoms with Crippen molar-refractivity contribution in [1.82, 2.24) is 4.98 Å². The molecule has 1 aromatic heterocycles. The van der Waals surface area contributed by atoms with E-state index >= 15 is 0 Å². The molecule has 3 aliphatic carbocycles. The van der Waals surface area contributed by atoms with Gasteiger partial charge in [-0.25, -0.2) is 4.79 Å². The Morgan fingerprint density at radius 1 is 1.26 bits per heavy atom. The Kier molecular flexibility index (Phi) is 2.89. The van der Waals surface area contributed by atoms with Crippen molar-refractivity contribution in [3.63, 3.8) is 0 Å². The Balaban J connectivity index is 2.02. The Morgan fingerprint density at radius 3 is 2.37 bits per heavy atom. The van der Waals surface area contributed by atoms with Crippen molar-refractivity contribution in [3.8, 4) is 0 Å². The van der Waals surface area contributed by atoms with Gasteiger partial charge in [-0.2, -0.15) is 0 Å². The lowest BCUT2D eigenvalue weighted by molar-refractivity contribution is 0.00617.